The van der Waals surface area contributed by atoms with E-state index in [1.54, 1.807) is 12.1 Å². The van der Waals surface area contributed by atoms with E-state index < -0.39 is 0 Å². The average molecular weight is 263 g/mol. The fourth-order valence-electron chi connectivity index (χ4n) is 2.05. The van der Waals surface area contributed by atoms with Gasteiger partial charge in [0.15, 0.2) is 0 Å². The number of aliphatic imine (C=N–C) groups is 1. The summed E-state index contributed by atoms with van der Waals surface area (Å²) in [7, 11) is 0. The van der Waals surface area contributed by atoms with Crippen molar-refractivity contribution >= 4 is 11.5 Å². The molecule has 0 bridgehead atoms. The Hall–Kier alpha value is -2.93. The Morgan fingerprint density at radius 2 is 2.00 bits per heavy atom. The molecule has 1 aromatic carbocycles. The zero-order chi connectivity index (χ0) is 13.9. The number of hydrogen-bond donors (Lipinski definition) is 0. The first-order valence-electron chi connectivity index (χ1n) is 6.08. The lowest BCUT2D eigenvalue weighted by molar-refractivity contribution is 0.627. The highest BCUT2D eigenvalue weighted by Crippen LogP contribution is 2.27. The van der Waals surface area contributed by atoms with Gasteiger partial charge in [0, 0.05) is 17.8 Å². The first-order chi connectivity index (χ1) is 9.78. The first-order valence-corrected chi connectivity index (χ1v) is 6.08. The number of amidine groups is 1. The van der Waals surface area contributed by atoms with Crippen LogP contribution in [-0.2, 0) is 0 Å². The van der Waals surface area contributed by atoms with Crippen molar-refractivity contribution in [2.24, 2.45) is 4.99 Å². The minimum absolute atomic E-state index is 0.285. The first kappa shape index (κ1) is 12.1. The lowest BCUT2D eigenvalue weighted by atomic mass is 10.1. The Kier molecular flexibility index (Phi) is 3.02. The van der Waals surface area contributed by atoms with E-state index in [0.717, 1.165) is 17.1 Å². The van der Waals surface area contributed by atoms with Crippen LogP contribution in [0.5, 0.6) is 0 Å². The maximum absolute atomic E-state index is 13.0. The number of nitriles is 1. The second kappa shape index (κ2) is 4.98. The molecule has 0 fully saturated rings. The van der Waals surface area contributed by atoms with E-state index in [2.05, 4.69) is 4.99 Å². The second-order valence-corrected chi connectivity index (χ2v) is 4.28. The summed E-state index contributed by atoms with van der Waals surface area (Å²) in [5.74, 6) is 0.448. The van der Waals surface area contributed by atoms with Gasteiger partial charge >= 0.3 is 0 Å². The normalized spacial score (nSPS) is 18.4. The lowest BCUT2D eigenvalue weighted by Crippen LogP contribution is -2.26. The predicted molar refractivity (Wildman–Crippen MR) is 75.6 cm³/mol. The fourth-order valence-corrected chi connectivity index (χ4v) is 2.05. The van der Waals surface area contributed by atoms with Crippen LogP contribution in [0.25, 0.3) is 5.70 Å². The van der Waals surface area contributed by atoms with Gasteiger partial charge in [0.2, 0.25) is 0 Å². The van der Waals surface area contributed by atoms with E-state index in [9.17, 15) is 4.39 Å². The summed E-state index contributed by atoms with van der Waals surface area (Å²) in [4.78, 5) is 6.36. The standard InChI is InChI=1S/C16H10FN3/c17-13-6-4-12(5-7-13)15-11-14(8-9-18)20-10-2-1-3-16(20)19-15/h1-8,10-11H/b14-8+. The van der Waals surface area contributed by atoms with Crippen LogP contribution >= 0.6 is 0 Å². The van der Waals surface area contributed by atoms with E-state index in [1.807, 2.05) is 41.5 Å². The third-order valence-corrected chi connectivity index (χ3v) is 2.99. The van der Waals surface area contributed by atoms with Crippen LogP contribution < -0.4 is 0 Å². The predicted octanol–water partition coefficient (Wildman–Crippen LogP) is 3.37. The fraction of sp³-hybridized carbons (Fsp3) is 0. The molecule has 0 saturated heterocycles. The van der Waals surface area contributed by atoms with Gasteiger partial charge < -0.3 is 4.90 Å². The molecule has 20 heavy (non-hydrogen) atoms. The van der Waals surface area contributed by atoms with Crippen molar-refractivity contribution < 1.29 is 4.39 Å². The highest BCUT2D eigenvalue weighted by molar-refractivity contribution is 6.01. The third-order valence-electron chi connectivity index (χ3n) is 2.99. The number of halogens is 1. The molecule has 0 saturated carbocycles. The summed E-state index contributed by atoms with van der Waals surface area (Å²) in [6, 6.07) is 8.17. The molecule has 0 N–H and O–H groups in total. The van der Waals surface area contributed by atoms with Crippen molar-refractivity contribution in [2.75, 3.05) is 0 Å². The summed E-state index contributed by atoms with van der Waals surface area (Å²) in [5.41, 5.74) is 2.25. The molecule has 4 heteroatoms. The van der Waals surface area contributed by atoms with Crippen LogP contribution in [-0.4, -0.2) is 10.7 Å². The highest BCUT2D eigenvalue weighted by atomic mass is 19.1. The smallest absolute Gasteiger partial charge is 0.137 e. The number of hydrogen-bond acceptors (Lipinski definition) is 3. The zero-order valence-corrected chi connectivity index (χ0v) is 10.5. The molecule has 0 aliphatic carbocycles. The quantitative estimate of drug-likeness (QED) is 0.729. The van der Waals surface area contributed by atoms with Gasteiger partial charge in [0.05, 0.1) is 17.5 Å². The Labute approximate surface area is 116 Å². The van der Waals surface area contributed by atoms with Crippen molar-refractivity contribution in [1.82, 2.24) is 4.90 Å². The van der Waals surface area contributed by atoms with Gasteiger partial charge in [-0.05, 0) is 42.5 Å². The van der Waals surface area contributed by atoms with E-state index in [4.69, 9.17) is 5.26 Å². The van der Waals surface area contributed by atoms with Crippen molar-refractivity contribution in [1.29, 1.82) is 5.26 Å². The van der Waals surface area contributed by atoms with Crippen molar-refractivity contribution in [2.45, 2.75) is 0 Å². The van der Waals surface area contributed by atoms with Gasteiger partial charge in [0.1, 0.15) is 11.7 Å². The van der Waals surface area contributed by atoms with Crippen molar-refractivity contribution in [3.63, 3.8) is 0 Å². The number of benzene rings is 1. The monoisotopic (exact) mass is 263 g/mol. The summed E-state index contributed by atoms with van der Waals surface area (Å²) in [5, 5.41) is 8.89. The summed E-state index contributed by atoms with van der Waals surface area (Å²) < 4.78 is 13.0. The molecule has 1 aromatic rings. The average Bonchev–Trinajstić information content (AvgIpc) is 2.48. The van der Waals surface area contributed by atoms with E-state index in [0.29, 0.717) is 5.70 Å². The minimum Gasteiger partial charge on any atom is -0.301 e. The molecular formula is C16H10FN3. The van der Waals surface area contributed by atoms with Crippen LogP contribution in [0.2, 0.25) is 0 Å². The van der Waals surface area contributed by atoms with Crippen LogP contribution in [0.15, 0.2) is 71.5 Å². The van der Waals surface area contributed by atoms with Gasteiger partial charge in [-0.3, -0.25) is 0 Å². The third kappa shape index (κ3) is 2.17. The number of nitrogens with zero attached hydrogens (tertiary/aromatic N) is 3. The Bertz CT molecular complexity index is 728. The van der Waals surface area contributed by atoms with Gasteiger partial charge in [-0.15, -0.1) is 0 Å². The molecule has 0 amide bonds. The zero-order valence-electron chi connectivity index (χ0n) is 10.5. The SMILES string of the molecule is N#C/C=C1\C=C(c2ccc(F)cc2)N=C2C=CC=CN21. The van der Waals surface area contributed by atoms with Crippen molar-refractivity contribution in [3.05, 3.63) is 77.9 Å². The van der Waals surface area contributed by atoms with Gasteiger partial charge in [0.25, 0.3) is 0 Å². The number of fused-ring (bicyclic) bond motifs is 1. The van der Waals surface area contributed by atoms with E-state index >= 15 is 0 Å². The molecule has 0 atom stereocenters. The summed E-state index contributed by atoms with van der Waals surface area (Å²) in [6.07, 6.45) is 10.7. The Balaban J connectivity index is 2.08. The van der Waals surface area contributed by atoms with Gasteiger partial charge in [-0.1, -0.05) is 6.08 Å². The lowest BCUT2D eigenvalue weighted by Gasteiger charge is -2.27. The van der Waals surface area contributed by atoms with Crippen LogP contribution in [0.1, 0.15) is 5.56 Å². The molecule has 2 aliphatic rings. The second-order valence-electron chi connectivity index (χ2n) is 4.28. The topological polar surface area (TPSA) is 39.4 Å². The maximum atomic E-state index is 13.0. The molecule has 0 radical (unpaired) electrons. The van der Waals surface area contributed by atoms with Crippen molar-refractivity contribution in [3.8, 4) is 6.07 Å². The van der Waals surface area contributed by atoms with Crippen LogP contribution in [0, 0.1) is 17.1 Å². The van der Waals surface area contributed by atoms with E-state index in [1.165, 1.54) is 18.2 Å². The van der Waals surface area contributed by atoms with Crippen LogP contribution in [0.3, 0.4) is 0 Å². The van der Waals surface area contributed by atoms with Crippen LogP contribution in [0.4, 0.5) is 4.39 Å². The molecular weight excluding hydrogens is 253 g/mol. The molecule has 0 aromatic heterocycles. The largest absolute Gasteiger partial charge is 0.301 e. The molecule has 3 rings (SSSR count). The molecule has 96 valence electrons. The number of allylic oxidation sites excluding steroid dienone is 4. The molecule has 3 nitrogen and oxygen atoms in total. The molecule has 0 unspecified atom stereocenters. The molecule has 2 heterocycles. The van der Waals surface area contributed by atoms with Gasteiger partial charge in [-0.2, -0.15) is 5.26 Å². The minimum atomic E-state index is -0.285. The summed E-state index contributed by atoms with van der Waals surface area (Å²) in [6.45, 7) is 0. The molecule has 2 aliphatic heterocycles. The van der Waals surface area contributed by atoms with Gasteiger partial charge in [-0.25, -0.2) is 9.38 Å². The Morgan fingerprint density at radius 3 is 2.75 bits per heavy atom. The number of rotatable bonds is 1. The molecule has 0 spiro atoms. The maximum Gasteiger partial charge on any atom is 0.137 e. The highest BCUT2D eigenvalue weighted by Gasteiger charge is 2.18. The van der Waals surface area contributed by atoms with E-state index in [-0.39, 0.29) is 5.82 Å². The Morgan fingerprint density at radius 1 is 1.20 bits per heavy atom. The summed E-state index contributed by atoms with van der Waals surface area (Å²) >= 11 is 0.